The Morgan fingerprint density at radius 3 is 2.30 bits per heavy atom. The van der Waals surface area contributed by atoms with Gasteiger partial charge in [-0.1, -0.05) is 6.08 Å². The number of rotatable bonds is 0. The highest BCUT2D eigenvalue weighted by molar-refractivity contribution is 5.06. The Labute approximate surface area is 57.1 Å². The molecule has 1 aliphatic rings. The third-order valence-corrected chi connectivity index (χ3v) is 1.20. The predicted molar refractivity (Wildman–Crippen MR) is 29.7 cm³/mol. The van der Waals surface area contributed by atoms with Gasteiger partial charge in [0.05, 0.1) is 0 Å². The first-order chi connectivity index (χ1) is 4.50. The monoisotopic (exact) mass is 149 g/mol. The highest BCUT2D eigenvalue weighted by atomic mass is 19.4. The van der Waals surface area contributed by atoms with Crippen LogP contribution in [0.4, 0.5) is 13.2 Å². The topological polar surface area (TPSA) is 3.24 Å². The van der Waals surface area contributed by atoms with Crippen molar-refractivity contribution in [1.29, 1.82) is 0 Å². The normalized spacial score (nSPS) is 26.0. The molecular weight excluding hydrogens is 143 g/mol. The first-order valence-corrected chi connectivity index (χ1v) is 2.74. The van der Waals surface area contributed by atoms with Crippen molar-refractivity contribution < 1.29 is 13.2 Å². The zero-order valence-electron chi connectivity index (χ0n) is 5.31. The Kier molecular flexibility index (Phi) is 1.62. The van der Waals surface area contributed by atoms with Crippen LogP contribution >= 0.6 is 0 Å². The summed E-state index contributed by atoms with van der Waals surface area (Å²) in [5.41, 5.74) is 0. The van der Waals surface area contributed by atoms with E-state index >= 15 is 0 Å². The maximum absolute atomic E-state index is 11.8. The number of hydrogen-bond acceptors (Lipinski definition) is 1. The van der Waals surface area contributed by atoms with E-state index in [-0.39, 0.29) is 0 Å². The van der Waals surface area contributed by atoms with Crippen LogP contribution in [0, 0.1) is 12.5 Å². The lowest BCUT2D eigenvalue weighted by Gasteiger charge is -2.13. The van der Waals surface area contributed by atoms with Gasteiger partial charge in [-0.25, -0.2) is 0 Å². The molecular formula is C6H6F3N. The fraction of sp³-hybridized carbons (Fsp3) is 0.500. The summed E-state index contributed by atoms with van der Waals surface area (Å²) in [6.45, 7) is 2.19. The van der Waals surface area contributed by atoms with Gasteiger partial charge in [0.2, 0.25) is 0 Å². The Balaban J connectivity index is 2.55. The predicted octanol–water partition coefficient (Wildman–Crippen LogP) is 1.66. The van der Waals surface area contributed by atoms with Crippen LogP contribution in [0.3, 0.4) is 0 Å². The summed E-state index contributed by atoms with van der Waals surface area (Å²) >= 11 is 0. The van der Waals surface area contributed by atoms with Crippen molar-refractivity contribution in [3.05, 3.63) is 18.8 Å². The molecule has 1 heterocycles. The molecule has 56 valence electrons. The molecule has 2 radical (unpaired) electrons. The van der Waals surface area contributed by atoms with E-state index in [0.717, 1.165) is 6.08 Å². The summed E-state index contributed by atoms with van der Waals surface area (Å²) in [6, 6.07) is 0. The zero-order valence-corrected chi connectivity index (χ0v) is 5.31. The maximum Gasteiger partial charge on any atom is 0.397 e. The van der Waals surface area contributed by atoms with Gasteiger partial charge in [0.1, 0.15) is 12.5 Å². The summed E-state index contributed by atoms with van der Waals surface area (Å²) in [7, 11) is 1.52. The third kappa shape index (κ3) is 1.43. The molecule has 0 aromatic carbocycles. The Morgan fingerprint density at radius 1 is 1.50 bits per heavy atom. The van der Waals surface area contributed by atoms with Crippen molar-refractivity contribution in [2.75, 3.05) is 7.05 Å². The molecule has 1 aliphatic heterocycles. The lowest BCUT2D eigenvalue weighted by Crippen LogP contribution is -2.22. The molecule has 0 N–H and O–H groups in total. The smallest absolute Gasteiger partial charge is 0.369 e. The van der Waals surface area contributed by atoms with Crippen LogP contribution < -0.4 is 0 Å². The summed E-state index contributed by atoms with van der Waals surface area (Å²) in [5.74, 6) is -1.52. The van der Waals surface area contributed by atoms with Crippen molar-refractivity contribution >= 4 is 0 Å². The number of halogens is 3. The first kappa shape index (κ1) is 7.44. The fourth-order valence-corrected chi connectivity index (χ4v) is 0.703. The molecule has 1 rings (SSSR count). The second-order valence-electron chi connectivity index (χ2n) is 2.10. The minimum atomic E-state index is -4.18. The molecule has 1 nitrogen and oxygen atoms in total. The van der Waals surface area contributed by atoms with E-state index in [9.17, 15) is 13.2 Å². The second-order valence-corrected chi connectivity index (χ2v) is 2.10. The summed E-state index contributed by atoms with van der Waals surface area (Å²) in [6.07, 6.45) is -1.76. The van der Waals surface area contributed by atoms with Gasteiger partial charge in [-0.15, -0.1) is 0 Å². The summed E-state index contributed by atoms with van der Waals surface area (Å²) in [4.78, 5) is 1.28. The standard InChI is InChI=1S/C6H6F3N/c1-10-3-2-5(4-10)6(7,8)9/h2-3,5H,1H3. The van der Waals surface area contributed by atoms with Gasteiger partial charge in [0.25, 0.3) is 0 Å². The van der Waals surface area contributed by atoms with Crippen molar-refractivity contribution in [3.8, 4) is 0 Å². The number of hydrogen-bond donors (Lipinski definition) is 0. The lowest BCUT2D eigenvalue weighted by atomic mass is 10.1. The van der Waals surface area contributed by atoms with Crippen LogP contribution in [0.5, 0.6) is 0 Å². The van der Waals surface area contributed by atoms with Crippen LogP contribution in [0.1, 0.15) is 0 Å². The molecule has 0 aliphatic carbocycles. The molecule has 0 aromatic heterocycles. The van der Waals surface area contributed by atoms with Crippen molar-refractivity contribution in [2.24, 2.45) is 5.92 Å². The Bertz CT molecular complexity index is 150. The SMILES string of the molecule is CN1[C]C(C(F)(F)F)C=C1. The van der Waals surface area contributed by atoms with Gasteiger partial charge in [-0.3, -0.25) is 0 Å². The van der Waals surface area contributed by atoms with Crippen LogP contribution in [-0.2, 0) is 0 Å². The molecule has 0 saturated heterocycles. The van der Waals surface area contributed by atoms with Crippen LogP contribution in [0.15, 0.2) is 12.3 Å². The molecule has 0 fully saturated rings. The van der Waals surface area contributed by atoms with E-state index in [2.05, 4.69) is 6.54 Å². The van der Waals surface area contributed by atoms with Crippen LogP contribution in [-0.4, -0.2) is 18.1 Å². The molecule has 1 atom stereocenters. The maximum atomic E-state index is 11.8. The highest BCUT2D eigenvalue weighted by Crippen LogP contribution is 2.32. The summed E-state index contributed by atoms with van der Waals surface area (Å²) in [5, 5.41) is 0. The largest absolute Gasteiger partial charge is 0.397 e. The van der Waals surface area contributed by atoms with Gasteiger partial charge in [0.15, 0.2) is 0 Å². The Morgan fingerprint density at radius 2 is 2.10 bits per heavy atom. The molecule has 0 bridgehead atoms. The molecule has 4 heteroatoms. The van der Waals surface area contributed by atoms with Crippen LogP contribution in [0.2, 0.25) is 0 Å². The quantitative estimate of drug-likeness (QED) is 0.506. The Hall–Kier alpha value is -0.670. The minimum absolute atomic E-state index is 1.07. The molecule has 10 heavy (non-hydrogen) atoms. The van der Waals surface area contributed by atoms with E-state index in [0.29, 0.717) is 0 Å². The van der Waals surface area contributed by atoms with Crippen LogP contribution in [0.25, 0.3) is 0 Å². The summed E-state index contributed by atoms with van der Waals surface area (Å²) < 4.78 is 35.4. The minimum Gasteiger partial charge on any atom is -0.369 e. The van der Waals surface area contributed by atoms with E-state index in [1.165, 1.54) is 18.1 Å². The van der Waals surface area contributed by atoms with E-state index < -0.39 is 12.1 Å². The molecule has 0 saturated carbocycles. The van der Waals surface area contributed by atoms with Gasteiger partial charge >= 0.3 is 6.18 Å². The van der Waals surface area contributed by atoms with E-state index in [1.54, 1.807) is 0 Å². The zero-order chi connectivity index (χ0) is 7.78. The van der Waals surface area contributed by atoms with E-state index in [1.807, 2.05) is 0 Å². The fourth-order valence-electron chi connectivity index (χ4n) is 0.703. The molecule has 0 spiro atoms. The van der Waals surface area contributed by atoms with Crippen molar-refractivity contribution in [3.63, 3.8) is 0 Å². The first-order valence-electron chi connectivity index (χ1n) is 2.74. The molecule has 0 amide bonds. The van der Waals surface area contributed by atoms with Crippen molar-refractivity contribution in [1.82, 2.24) is 4.90 Å². The third-order valence-electron chi connectivity index (χ3n) is 1.20. The number of nitrogens with zero attached hydrogens (tertiary/aromatic N) is 1. The van der Waals surface area contributed by atoms with Gasteiger partial charge in [-0.2, -0.15) is 13.2 Å². The van der Waals surface area contributed by atoms with Crippen molar-refractivity contribution in [2.45, 2.75) is 6.18 Å². The lowest BCUT2D eigenvalue weighted by molar-refractivity contribution is -0.153. The molecule has 0 aromatic rings. The van der Waals surface area contributed by atoms with Gasteiger partial charge in [-0.05, 0) is 6.20 Å². The number of alkyl halides is 3. The molecule has 1 unspecified atom stereocenters. The second kappa shape index (κ2) is 2.18. The van der Waals surface area contributed by atoms with Gasteiger partial charge < -0.3 is 4.90 Å². The van der Waals surface area contributed by atoms with E-state index in [4.69, 9.17) is 0 Å². The highest BCUT2D eigenvalue weighted by Gasteiger charge is 2.40. The average Bonchev–Trinajstić information content (AvgIpc) is 2.11. The average molecular weight is 149 g/mol. The van der Waals surface area contributed by atoms with Gasteiger partial charge in [0, 0.05) is 7.05 Å².